The van der Waals surface area contributed by atoms with Gasteiger partial charge in [0.15, 0.2) is 0 Å². The molecule has 0 spiro atoms. The topological polar surface area (TPSA) is 51.9 Å². The van der Waals surface area contributed by atoms with Gasteiger partial charge in [0, 0.05) is 31.1 Å². The van der Waals surface area contributed by atoms with Crippen LogP contribution in [0.1, 0.15) is 32.3 Å². The van der Waals surface area contributed by atoms with Crippen molar-refractivity contribution in [2.45, 2.75) is 40.2 Å². The minimum atomic E-state index is 0.0442. The van der Waals surface area contributed by atoms with E-state index in [4.69, 9.17) is 0 Å². The van der Waals surface area contributed by atoms with Gasteiger partial charge in [0.05, 0.1) is 17.5 Å². The van der Waals surface area contributed by atoms with Gasteiger partial charge in [-0.1, -0.05) is 32.2 Å². The van der Waals surface area contributed by atoms with E-state index in [1.807, 2.05) is 25.5 Å². The van der Waals surface area contributed by atoms with Crippen molar-refractivity contribution >= 4 is 28.7 Å². The third-order valence-electron chi connectivity index (χ3n) is 4.50. The van der Waals surface area contributed by atoms with Crippen LogP contribution in [0.4, 0.5) is 5.69 Å². The molecule has 0 fully saturated rings. The molecular weight excluding hydrogens is 344 g/mol. The molecule has 3 rings (SSSR count). The van der Waals surface area contributed by atoms with Crippen LogP contribution in [0.2, 0.25) is 0 Å². The Kier molecular flexibility index (Phi) is 5.71. The van der Waals surface area contributed by atoms with Crippen LogP contribution in [-0.4, -0.2) is 19.9 Å². The van der Waals surface area contributed by atoms with Gasteiger partial charge in [-0.05, 0) is 42.7 Å². The Labute approximate surface area is 158 Å². The smallest absolute Gasteiger partial charge is 0.253 e. The summed E-state index contributed by atoms with van der Waals surface area (Å²) in [5.74, 6) is 0.973. The van der Waals surface area contributed by atoms with Crippen molar-refractivity contribution in [3.05, 3.63) is 46.6 Å². The Morgan fingerprint density at radius 3 is 2.69 bits per heavy atom. The van der Waals surface area contributed by atoms with Gasteiger partial charge in [0.25, 0.3) is 5.56 Å². The van der Waals surface area contributed by atoms with Crippen LogP contribution in [0, 0.1) is 6.92 Å². The van der Waals surface area contributed by atoms with E-state index in [1.165, 1.54) is 0 Å². The molecule has 138 valence electrons. The SMILES string of the molecule is CCCCn1cnc2c(NSCC)cc(-c3cc(C)c(=O)n(C)c3)cc21. The van der Waals surface area contributed by atoms with Crippen molar-refractivity contribution in [1.29, 1.82) is 0 Å². The minimum absolute atomic E-state index is 0.0442. The van der Waals surface area contributed by atoms with Gasteiger partial charge in [-0.25, -0.2) is 4.98 Å². The highest BCUT2D eigenvalue weighted by atomic mass is 32.2. The zero-order valence-electron chi connectivity index (χ0n) is 15.9. The van der Waals surface area contributed by atoms with Gasteiger partial charge in [-0.2, -0.15) is 0 Å². The second-order valence-corrected chi connectivity index (χ2v) is 7.62. The maximum absolute atomic E-state index is 12.0. The van der Waals surface area contributed by atoms with Crippen LogP contribution >= 0.6 is 11.9 Å². The Hall–Kier alpha value is -2.21. The van der Waals surface area contributed by atoms with Gasteiger partial charge in [0.1, 0.15) is 5.52 Å². The van der Waals surface area contributed by atoms with E-state index in [0.717, 1.165) is 58.6 Å². The summed E-state index contributed by atoms with van der Waals surface area (Å²) in [6.45, 7) is 7.14. The predicted molar refractivity (Wildman–Crippen MR) is 112 cm³/mol. The first-order valence-electron chi connectivity index (χ1n) is 9.09. The fraction of sp³-hybridized carbons (Fsp3) is 0.400. The molecule has 0 bridgehead atoms. The third-order valence-corrected chi connectivity index (χ3v) is 5.15. The number of nitrogens with one attached hydrogen (secondary N) is 1. The summed E-state index contributed by atoms with van der Waals surface area (Å²) in [6.07, 6.45) is 6.11. The fourth-order valence-corrected chi connectivity index (χ4v) is 3.56. The van der Waals surface area contributed by atoms with Gasteiger partial charge in [-0.3, -0.25) is 4.79 Å². The number of aryl methyl sites for hydroxylation is 3. The largest absolute Gasteiger partial charge is 0.331 e. The molecule has 0 saturated carbocycles. The third kappa shape index (κ3) is 3.65. The monoisotopic (exact) mass is 370 g/mol. The number of benzene rings is 1. The average molecular weight is 371 g/mol. The van der Waals surface area contributed by atoms with Crippen molar-refractivity contribution in [1.82, 2.24) is 14.1 Å². The summed E-state index contributed by atoms with van der Waals surface area (Å²) in [7, 11) is 1.80. The first kappa shape index (κ1) is 18.6. The van der Waals surface area contributed by atoms with E-state index in [2.05, 4.69) is 40.3 Å². The van der Waals surface area contributed by atoms with Crippen molar-refractivity contribution in [3.8, 4) is 11.1 Å². The van der Waals surface area contributed by atoms with Crippen molar-refractivity contribution in [3.63, 3.8) is 0 Å². The Bertz CT molecular complexity index is 948. The molecule has 0 unspecified atom stereocenters. The summed E-state index contributed by atoms with van der Waals surface area (Å²) in [5.41, 5.74) is 6.07. The molecule has 0 atom stereocenters. The van der Waals surface area contributed by atoms with Gasteiger partial charge in [0.2, 0.25) is 0 Å². The van der Waals surface area contributed by atoms with Crippen molar-refractivity contribution in [2.75, 3.05) is 10.5 Å². The molecule has 6 heteroatoms. The van der Waals surface area contributed by atoms with E-state index in [-0.39, 0.29) is 5.56 Å². The number of fused-ring (bicyclic) bond motifs is 1. The summed E-state index contributed by atoms with van der Waals surface area (Å²) < 4.78 is 7.30. The molecular formula is C20H26N4OS. The number of imidazole rings is 1. The number of hydrogen-bond donors (Lipinski definition) is 1. The molecule has 1 N–H and O–H groups in total. The second kappa shape index (κ2) is 7.99. The molecule has 0 amide bonds. The van der Waals surface area contributed by atoms with E-state index >= 15 is 0 Å². The summed E-state index contributed by atoms with van der Waals surface area (Å²) in [4.78, 5) is 16.7. The van der Waals surface area contributed by atoms with Crippen LogP contribution in [0.3, 0.4) is 0 Å². The Morgan fingerprint density at radius 2 is 2.00 bits per heavy atom. The molecule has 2 aromatic heterocycles. The number of anilines is 1. The molecule has 0 aliphatic rings. The number of rotatable bonds is 7. The summed E-state index contributed by atoms with van der Waals surface area (Å²) >= 11 is 1.66. The van der Waals surface area contributed by atoms with Crippen LogP contribution in [0.5, 0.6) is 0 Å². The van der Waals surface area contributed by atoms with Crippen LogP contribution in [0.25, 0.3) is 22.2 Å². The van der Waals surface area contributed by atoms with Gasteiger partial charge < -0.3 is 13.9 Å². The second-order valence-electron chi connectivity index (χ2n) is 6.55. The summed E-state index contributed by atoms with van der Waals surface area (Å²) in [6, 6.07) is 6.27. The predicted octanol–water partition coefficient (Wildman–Crippen LogP) is 4.59. The lowest BCUT2D eigenvalue weighted by atomic mass is 10.0. The van der Waals surface area contributed by atoms with E-state index in [9.17, 15) is 4.79 Å². The zero-order chi connectivity index (χ0) is 18.7. The van der Waals surface area contributed by atoms with E-state index in [1.54, 1.807) is 23.6 Å². The average Bonchev–Trinajstić information content (AvgIpc) is 3.05. The Balaban J connectivity index is 2.16. The molecule has 1 aromatic carbocycles. The lowest BCUT2D eigenvalue weighted by Crippen LogP contribution is -2.18. The quantitative estimate of drug-likeness (QED) is 0.618. The number of pyridine rings is 1. The van der Waals surface area contributed by atoms with E-state index in [0.29, 0.717) is 0 Å². The fourth-order valence-electron chi connectivity index (χ4n) is 3.10. The highest BCUT2D eigenvalue weighted by Gasteiger charge is 2.12. The molecule has 5 nitrogen and oxygen atoms in total. The van der Waals surface area contributed by atoms with Gasteiger partial charge in [-0.15, -0.1) is 0 Å². The molecule has 26 heavy (non-hydrogen) atoms. The number of hydrogen-bond acceptors (Lipinski definition) is 4. The highest BCUT2D eigenvalue weighted by Crippen LogP contribution is 2.32. The van der Waals surface area contributed by atoms with E-state index < -0.39 is 0 Å². The zero-order valence-corrected chi connectivity index (χ0v) is 16.7. The molecule has 3 aromatic rings. The maximum atomic E-state index is 12.0. The number of unbranched alkanes of at least 4 members (excludes halogenated alkanes) is 1. The van der Waals surface area contributed by atoms with Gasteiger partial charge >= 0.3 is 0 Å². The number of aromatic nitrogens is 3. The molecule has 0 saturated heterocycles. The summed E-state index contributed by atoms with van der Waals surface area (Å²) in [5, 5.41) is 0. The first-order chi connectivity index (χ1) is 12.5. The highest BCUT2D eigenvalue weighted by molar-refractivity contribution is 8.00. The maximum Gasteiger partial charge on any atom is 0.253 e. The van der Waals surface area contributed by atoms with Crippen molar-refractivity contribution < 1.29 is 0 Å². The van der Waals surface area contributed by atoms with Crippen LogP contribution in [-0.2, 0) is 13.6 Å². The standard InChI is InChI=1S/C20H26N4OS/c1-5-7-8-24-13-21-19-17(22-26-6-2)10-15(11-18(19)24)16-9-14(3)20(25)23(4)12-16/h9-13,22H,5-8H2,1-4H3. The first-order valence-corrected chi connectivity index (χ1v) is 10.1. The molecule has 0 aliphatic carbocycles. The Morgan fingerprint density at radius 1 is 1.19 bits per heavy atom. The lowest BCUT2D eigenvalue weighted by molar-refractivity contribution is 0.646. The number of nitrogens with zero attached hydrogens (tertiary/aromatic N) is 3. The van der Waals surface area contributed by atoms with Crippen LogP contribution in [0.15, 0.2) is 35.5 Å². The molecule has 0 aliphatic heterocycles. The lowest BCUT2D eigenvalue weighted by Gasteiger charge is -2.12. The van der Waals surface area contributed by atoms with Crippen LogP contribution < -0.4 is 10.3 Å². The molecule has 0 radical (unpaired) electrons. The minimum Gasteiger partial charge on any atom is -0.331 e. The molecule has 2 heterocycles. The normalized spacial score (nSPS) is 11.2. The van der Waals surface area contributed by atoms with Crippen molar-refractivity contribution in [2.24, 2.45) is 7.05 Å².